The molecular formula is C11H12ClFN2O. The lowest BCUT2D eigenvalue weighted by molar-refractivity contribution is -0.121. The molecule has 2 atom stereocenters. The summed E-state index contributed by atoms with van der Waals surface area (Å²) in [5.41, 5.74) is 5.78. The zero-order valence-corrected chi connectivity index (χ0v) is 9.30. The molecule has 1 saturated heterocycles. The molecule has 3 nitrogen and oxygen atoms in total. The molecule has 1 aliphatic heterocycles. The maximum absolute atomic E-state index is 13.7. The summed E-state index contributed by atoms with van der Waals surface area (Å²) in [6, 6.07) is 4.49. The first-order valence-electron chi connectivity index (χ1n) is 5.04. The number of carbonyl (C=O) groups is 1. The van der Waals surface area contributed by atoms with E-state index < -0.39 is 5.91 Å². The first-order chi connectivity index (χ1) is 7.59. The molecule has 2 rings (SSSR count). The topological polar surface area (TPSA) is 55.1 Å². The summed E-state index contributed by atoms with van der Waals surface area (Å²) in [6.45, 7) is 1.06. The molecule has 0 bridgehead atoms. The van der Waals surface area contributed by atoms with Crippen LogP contribution in [0.2, 0.25) is 5.02 Å². The van der Waals surface area contributed by atoms with Crippen LogP contribution in [-0.4, -0.2) is 19.0 Å². The minimum atomic E-state index is -0.399. The predicted molar refractivity (Wildman–Crippen MR) is 59.7 cm³/mol. The van der Waals surface area contributed by atoms with Gasteiger partial charge < -0.3 is 11.1 Å². The minimum Gasteiger partial charge on any atom is -0.369 e. The number of nitrogens with one attached hydrogen (secondary N) is 1. The second-order valence-corrected chi connectivity index (χ2v) is 4.38. The van der Waals surface area contributed by atoms with Crippen molar-refractivity contribution >= 4 is 17.5 Å². The Morgan fingerprint density at radius 2 is 2.25 bits per heavy atom. The van der Waals surface area contributed by atoms with Crippen molar-refractivity contribution < 1.29 is 9.18 Å². The molecule has 0 aliphatic carbocycles. The number of rotatable bonds is 2. The Morgan fingerprint density at radius 3 is 2.88 bits per heavy atom. The van der Waals surface area contributed by atoms with Gasteiger partial charge in [0.15, 0.2) is 0 Å². The highest BCUT2D eigenvalue weighted by Gasteiger charge is 2.33. The van der Waals surface area contributed by atoms with Gasteiger partial charge in [-0.15, -0.1) is 0 Å². The Bertz CT molecular complexity index is 424. The van der Waals surface area contributed by atoms with Gasteiger partial charge in [-0.3, -0.25) is 4.79 Å². The van der Waals surface area contributed by atoms with Crippen LogP contribution in [0.4, 0.5) is 4.39 Å². The number of benzene rings is 1. The van der Waals surface area contributed by atoms with E-state index in [-0.39, 0.29) is 17.7 Å². The van der Waals surface area contributed by atoms with Crippen LogP contribution >= 0.6 is 11.6 Å². The number of primary amides is 1. The number of hydrogen-bond donors (Lipinski definition) is 2. The largest absolute Gasteiger partial charge is 0.369 e. The molecule has 0 aromatic heterocycles. The first kappa shape index (κ1) is 11.4. The molecule has 3 N–H and O–H groups in total. The van der Waals surface area contributed by atoms with Crippen molar-refractivity contribution in [3.63, 3.8) is 0 Å². The predicted octanol–water partition coefficient (Wildman–Crippen LogP) is 1.27. The van der Waals surface area contributed by atoms with E-state index in [1.165, 1.54) is 6.07 Å². The number of hydrogen-bond acceptors (Lipinski definition) is 2. The zero-order chi connectivity index (χ0) is 11.7. The number of halogens is 2. The molecule has 86 valence electrons. The SMILES string of the molecule is NC(=O)[C@@H]1CNC[C@H]1c1ccc(Cl)cc1F. The molecule has 1 heterocycles. The summed E-state index contributed by atoms with van der Waals surface area (Å²) in [5, 5.41) is 3.39. The maximum Gasteiger partial charge on any atom is 0.222 e. The summed E-state index contributed by atoms with van der Waals surface area (Å²) < 4.78 is 13.7. The van der Waals surface area contributed by atoms with Crippen molar-refractivity contribution in [2.24, 2.45) is 11.7 Å². The standard InChI is InChI=1S/C11H12ClFN2O/c12-6-1-2-7(10(13)3-6)8-4-15-5-9(8)11(14)16/h1-3,8-9,15H,4-5H2,(H2,14,16)/t8-,9+/m0/s1. The van der Waals surface area contributed by atoms with Crippen LogP contribution in [0.25, 0.3) is 0 Å². The normalized spacial score (nSPS) is 24.6. The Kier molecular flexibility index (Phi) is 3.12. The summed E-state index contributed by atoms with van der Waals surface area (Å²) in [4.78, 5) is 11.2. The van der Waals surface area contributed by atoms with Gasteiger partial charge in [0.25, 0.3) is 0 Å². The van der Waals surface area contributed by atoms with Gasteiger partial charge in [0.2, 0.25) is 5.91 Å². The van der Waals surface area contributed by atoms with E-state index in [9.17, 15) is 9.18 Å². The van der Waals surface area contributed by atoms with Crippen molar-refractivity contribution in [1.29, 1.82) is 0 Å². The van der Waals surface area contributed by atoms with Crippen molar-refractivity contribution in [3.05, 3.63) is 34.6 Å². The van der Waals surface area contributed by atoms with Gasteiger partial charge in [-0.25, -0.2) is 4.39 Å². The second kappa shape index (κ2) is 4.39. The highest BCUT2D eigenvalue weighted by molar-refractivity contribution is 6.30. The lowest BCUT2D eigenvalue weighted by Gasteiger charge is -2.16. The molecule has 0 radical (unpaired) electrons. The number of carbonyl (C=O) groups excluding carboxylic acids is 1. The van der Waals surface area contributed by atoms with Crippen LogP contribution in [0.3, 0.4) is 0 Å². The fourth-order valence-electron chi connectivity index (χ4n) is 2.11. The van der Waals surface area contributed by atoms with Gasteiger partial charge in [-0.1, -0.05) is 17.7 Å². The van der Waals surface area contributed by atoms with Crippen LogP contribution < -0.4 is 11.1 Å². The van der Waals surface area contributed by atoms with E-state index in [2.05, 4.69) is 5.32 Å². The van der Waals surface area contributed by atoms with Crippen LogP contribution in [0.15, 0.2) is 18.2 Å². The molecule has 0 spiro atoms. The molecule has 5 heteroatoms. The van der Waals surface area contributed by atoms with Crippen molar-refractivity contribution in [1.82, 2.24) is 5.32 Å². The first-order valence-corrected chi connectivity index (χ1v) is 5.42. The lowest BCUT2D eigenvalue weighted by atomic mass is 9.88. The summed E-state index contributed by atoms with van der Waals surface area (Å²) in [5.74, 6) is -1.33. The Morgan fingerprint density at radius 1 is 1.50 bits per heavy atom. The van der Waals surface area contributed by atoms with Crippen molar-refractivity contribution in [2.45, 2.75) is 5.92 Å². The van der Waals surface area contributed by atoms with E-state index in [0.29, 0.717) is 23.7 Å². The van der Waals surface area contributed by atoms with Gasteiger partial charge in [0.1, 0.15) is 5.82 Å². The molecule has 0 unspecified atom stereocenters. The quantitative estimate of drug-likeness (QED) is 0.821. The average molecular weight is 243 g/mol. The van der Waals surface area contributed by atoms with Crippen LogP contribution in [0.5, 0.6) is 0 Å². The highest BCUT2D eigenvalue weighted by atomic mass is 35.5. The van der Waals surface area contributed by atoms with Crippen LogP contribution in [0.1, 0.15) is 11.5 Å². The van der Waals surface area contributed by atoms with E-state index in [1.807, 2.05) is 0 Å². The van der Waals surface area contributed by atoms with E-state index >= 15 is 0 Å². The maximum atomic E-state index is 13.7. The number of amides is 1. The van der Waals surface area contributed by atoms with Gasteiger partial charge in [-0.05, 0) is 17.7 Å². The van der Waals surface area contributed by atoms with Gasteiger partial charge >= 0.3 is 0 Å². The summed E-state index contributed by atoms with van der Waals surface area (Å²) >= 11 is 5.68. The molecule has 1 aromatic carbocycles. The highest BCUT2D eigenvalue weighted by Crippen LogP contribution is 2.30. The smallest absolute Gasteiger partial charge is 0.222 e. The Labute approximate surface area is 97.8 Å². The van der Waals surface area contributed by atoms with Crippen LogP contribution in [0, 0.1) is 11.7 Å². The van der Waals surface area contributed by atoms with Gasteiger partial charge in [-0.2, -0.15) is 0 Å². The molecule has 1 aromatic rings. The van der Waals surface area contributed by atoms with Gasteiger partial charge in [0, 0.05) is 24.0 Å². The molecule has 0 saturated carbocycles. The fraction of sp³-hybridized carbons (Fsp3) is 0.364. The Hall–Kier alpha value is -1.13. The molecule has 1 fully saturated rings. The van der Waals surface area contributed by atoms with E-state index in [0.717, 1.165) is 0 Å². The van der Waals surface area contributed by atoms with Crippen molar-refractivity contribution in [3.8, 4) is 0 Å². The fourth-order valence-corrected chi connectivity index (χ4v) is 2.27. The third kappa shape index (κ3) is 2.03. The molecular weight excluding hydrogens is 231 g/mol. The van der Waals surface area contributed by atoms with E-state index in [4.69, 9.17) is 17.3 Å². The monoisotopic (exact) mass is 242 g/mol. The Balaban J connectivity index is 2.32. The minimum absolute atomic E-state index is 0.199. The molecule has 16 heavy (non-hydrogen) atoms. The van der Waals surface area contributed by atoms with E-state index in [1.54, 1.807) is 12.1 Å². The molecule has 1 amide bonds. The third-order valence-electron chi connectivity index (χ3n) is 2.94. The van der Waals surface area contributed by atoms with Crippen molar-refractivity contribution in [2.75, 3.05) is 13.1 Å². The average Bonchev–Trinajstić information content (AvgIpc) is 2.66. The third-order valence-corrected chi connectivity index (χ3v) is 3.18. The summed E-state index contributed by atoms with van der Waals surface area (Å²) in [7, 11) is 0. The number of nitrogens with two attached hydrogens (primary N) is 1. The lowest BCUT2D eigenvalue weighted by Crippen LogP contribution is -2.28. The second-order valence-electron chi connectivity index (χ2n) is 3.94. The van der Waals surface area contributed by atoms with Crippen LogP contribution in [-0.2, 0) is 4.79 Å². The summed E-state index contributed by atoms with van der Waals surface area (Å²) in [6.07, 6.45) is 0. The molecule has 1 aliphatic rings. The van der Waals surface area contributed by atoms with Gasteiger partial charge in [0.05, 0.1) is 5.92 Å². The zero-order valence-electron chi connectivity index (χ0n) is 8.54.